The van der Waals surface area contributed by atoms with Crippen LogP contribution in [0.4, 0.5) is 4.79 Å². The van der Waals surface area contributed by atoms with E-state index in [1.165, 1.54) is 6.20 Å². The van der Waals surface area contributed by atoms with Gasteiger partial charge < -0.3 is 19.7 Å². The topological polar surface area (TPSA) is 93.5 Å². The van der Waals surface area contributed by atoms with Crippen molar-refractivity contribution in [2.24, 2.45) is 7.05 Å². The second-order valence-electron chi connectivity index (χ2n) is 4.81. The fourth-order valence-corrected chi connectivity index (χ4v) is 1.24. The summed E-state index contributed by atoms with van der Waals surface area (Å²) >= 11 is 0. The van der Waals surface area contributed by atoms with Crippen molar-refractivity contribution in [1.82, 2.24) is 14.9 Å². The first-order valence-corrected chi connectivity index (χ1v) is 5.41. The van der Waals surface area contributed by atoms with E-state index in [0.717, 1.165) is 0 Å². The Bertz CT molecular complexity index is 459. The predicted molar refractivity (Wildman–Crippen MR) is 63.2 cm³/mol. The van der Waals surface area contributed by atoms with Gasteiger partial charge in [-0.2, -0.15) is 0 Å². The molecule has 0 fully saturated rings. The first kappa shape index (κ1) is 14.0. The SMILES string of the molecule is Cn1cc(C(=O)O)nc1CNC(=O)OC(C)(C)C. The van der Waals surface area contributed by atoms with E-state index >= 15 is 0 Å². The van der Waals surface area contributed by atoms with Crippen LogP contribution in [0.1, 0.15) is 37.1 Å². The summed E-state index contributed by atoms with van der Waals surface area (Å²) < 4.78 is 6.59. The van der Waals surface area contributed by atoms with Crippen molar-refractivity contribution >= 4 is 12.1 Å². The Balaban J connectivity index is 2.59. The standard InChI is InChI=1S/C11H17N3O4/c1-11(2,3)18-10(17)12-5-8-13-7(9(15)16)6-14(8)4/h6H,5H2,1-4H3,(H,12,17)(H,15,16). The fourth-order valence-electron chi connectivity index (χ4n) is 1.24. The van der Waals surface area contributed by atoms with E-state index in [-0.39, 0.29) is 12.2 Å². The zero-order chi connectivity index (χ0) is 13.9. The number of carboxylic acid groups (broad SMARTS) is 1. The second kappa shape index (κ2) is 5.07. The van der Waals surface area contributed by atoms with E-state index in [9.17, 15) is 9.59 Å². The number of aryl methyl sites for hydroxylation is 1. The Kier molecular flexibility index (Phi) is 3.95. The summed E-state index contributed by atoms with van der Waals surface area (Å²) in [5.74, 6) is -0.660. The minimum atomic E-state index is -1.10. The van der Waals surface area contributed by atoms with Crippen molar-refractivity contribution in [3.63, 3.8) is 0 Å². The lowest BCUT2D eigenvalue weighted by molar-refractivity contribution is 0.0521. The summed E-state index contributed by atoms with van der Waals surface area (Å²) in [4.78, 5) is 26.0. The van der Waals surface area contributed by atoms with Gasteiger partial charge in [-0.3, -0.25) is 0 Å². The molecule has 0 aliphatic heterocycles. The molecule has 0 bridgehead atoms. The van der Waals surface area contributed by atoms with E-state index in [0.29, 0.717) is 5.82 Å². The smallest absolute Gasteiger partial charge is 0.408 e. The molecule has 7 heteroatoms. The van der Waals surface area contributed by atoms with Gasteiger partial charge in [0.25, 0.3) is 0 Å². The summed E-state index contributed by atoms with van der Waals surface area (Å²) in [5, 5.41) is 11.3. The first-order valence-electron chi connectivity index (χ1n) is 5.41. The molecule has 1 aromatic rings. The highest BCUT2D eigenvalue weighted by molar-refractivity contribution is 5.85. The number of hydrogen-bond acceptors (Lipinski definition) is 4. The molecule has 18 heavy (non-hydrogen) atoms. The largest absolute Gasteiger partial charge is 0.476 e. The van der Waals surface area contributed by atoms with Gasteiger partial charge in [-0.15, -0.1) is 0 Å². The third-order valence-electron chi connectivity index (χ3n) is 1.98. The van der Waals surface area contributed by atoms with Crippen molar-refractivity contribution in [3.05, 3.63) is 17.7 Å². The lowest BCUT2D eigenvalue weighted by Crippen LogP contribution is -2.32. The van der Waals surface area contributed by atoms with Gasteiger partial charge in [-0.25, -0.2) is 14.6 Å². The van der Waals surface area contributed by atoms with Crippen LogP contribution in [0.5, 0.6) is 0 Å². The van der Waals surface area contributed by atoms with Crippen LogP contribution in [0.2, 0.25) is 0 Å². The lowest BCUT2D eigenvalue weighted by atomic mass is 10.2. The van der Waals surface area contributed by atoms with E-state index in [1.807, 2.05) is 0 Å². The number of aromatic carboxylic acids is 1. The van der Waals surface area contributed by atoms with Gasteiger partial charge in [0.2, 0.25) is 0 Å². The highest BCUT2D eigenvalue weighted by atomic mass is 16.6. The summed E-state index contributed by atoms with van der Waals surface area (Å²) in [6.45, 7) is 5.39. The molecule has 0 saturated carbocycles. The molecule has 0 aliphatic rings. The summed E-state index contributed by atoms with van der Waals surface area (Å²) in [6, 6.07) is 0. The highest BCUT2D eigenvalue weighted by Gasteiger charge is 2.17. The number of imidazole rings is 1. The number of rotatable bonds is 3. The van der Waals surface area contributed by atoms with Crippen molar-refractivity contribution < 1.29 is 19.4 Å². The molecule has 0 aromatic carbocycles. The van der Waals surface area contributed by atoms with Gasteiger partial charge in [-0.1, -0.05) is 0 Å². The van der Waals surface area contributed by atoms with Crippen molar-refractivity contribution in [2.75, 3.05) is 0 Å². The molecule has 1 aromatic heterocycles. The highest BCUT2D eigenvalue weighted by Crippen LogP contribution is 2.07. The maximum atomic E-state index is 11.4. The van der Waals surface area contributed by atoms with Crippen LogP contribution in [0.15, 0.2) is 6.20 Å². The quantitative estimate of drug-likeness (QED) is 0.844. The molecule has 7 nitrogen and oxygen atoms in total. The Morgan fingerprint density at radius 1 is 1.50 bits per heavy atom. The summed E-state index contributed by atoms with van der Waals surface area (Å²) in [7, 11) is 1.66. The fraction of sp³-hybridized carbons (Fsp3) is 0.545. The first-order chi connectivity index (χ1) is 8.19. The maximum Gasteiger partial charge on any atom is 0.408 e. The number of carbonyl (C=O) groups is 2. The molecule has 100 valence electrons. The zero-order valence-corrected chi connectivity index (χ0v) is 10.9. The Hall–Kier alpha value is -2.05. The normalized spacial score (nSPS) is 11.1. The van der Waals surface area contributed by atoms with Crippen LogP contribution in [0, 0.1) is 0 Å². The molecular formula is C11H17N3O4. The Labute approximate surface area is 105 Å². The van der Waals surface area contributed by atoms with Crippen LogP contribution in [0.25, 0.3) is 0 Å². The van der Waals surface area contributed by atoms with E-state index in [2.05, 4.69) is 10.3 Å². The number of hydrogen-bond donors (Lipinski definition) is 2. The van der Waals surface area contributed by atoms with Crippen molar-refractivity contribution in [3.8, 4) is 0 Å². The number of carboxylic acids is 1. The van der Waals surface area contributed by atoms with Crippen LogP contribution >= 0.6 is 0 Å². The molecule has 0 spiro atoms. The predicted octanol–water partition coefficient (Wildman–Crippen LogP) is 1.14. The third-order valence-corrected chi connectivity index (χ3v) is 1.98. The Morgan fingerprint density at radius 2 is 2.11 bits per heavy atom. The molecule has 0 saturated heterocycles. The van der Waals surface area contributed by atoms with E-state index in [1.54, 1.807) is 32.4 Å². The number of nitrogens with one attached hydrogen (secondary N) is 1. The van der Waals surface area contributed by atoms with Gasteiger partial charge in [-0.05, 0) is 20.8 Å². The second-order valence-corrected chi connectivity index (χ2v) is 4.81. The van der Waals surface area contributed by atoms with Crippen LogP contribution in [-0.4, -0.2) is 32.3 Å². The minimum absolute atomic E-state index is 0.0570. The minimum Gasteiger partial charge on any atom is -0.476 e. The molecule has 0 aliphatic carbocycles. The van der Waals surface area contributed by atoms with Crippen LogP contribution < -0.4 is 5.32 Å². The van der Waals surface area contributed by atoms with Gasteiger partial charge in [0.05, 0.1) is 6.54 Å². The number of amides is 1. The molecular weight excluding hydrogens is 238 g/mol. The maximum absolute atomic E-state index is 11.4. The Morgan fingerprint density at radius 3 is 2.56 bits per heavy atom. The number of carbonyl (C=O) groups excluding carboxylic acids is 1. The molecule has 1 heterocycles. The number of aromatic nitrogens is 2. The number of ether oxygens (including phenoxy) is 1. The van der Waals surface area contributed by atoms with E-state index < -0.39 is 17.7 Å². The third kappa shape index (κ3) is 4.08. The summed E-state index contributed by atoms with van der Waals surface area (Å²) in [5.41, 5.74) is -0.628. The summed E-state index contributed by atoms with van der Waals surface area (Å²) in [6.07, 6.45) is 0.816. The molecule has 0 unspecified atom stereocenters. The van der Waals surface area contributed by atoms with Gasteiger partial charge in [0.15, 0.2) is 5.69 Å². The van der Waals surface area contributed by atoms with Crippen molar-refractivity contribution in [1.29, 1.82) is 0 Å². The van der Waals surface area contributed by atoms with Crippen molar-refractivity contribution in [2.45, 2.75) is 32.9 Å². The average Bonchev–Trinajstić information content (AvgIpc) is 2.54. The monoisotopic (exact) mass is 255 g/mol. The number of alkyl carbamates (subject to hydrolysis) is 1. The van der Waals surface area contributed by atoms with Gasteiger partial charge in [0.1, 0.15) is 11.4 Å². The molecule has 1 rings (SSSR count). The van der Waals surface area contributed by atoms with Crippen LogP contribution in [-0.2, 0) is 18.3 Å². The molecule has 1 amide bonds. The van der Waals surface area contributed by atoms with Gasteiger partial charge in [0, 0.05) is 13.2 Å². The van der Waals surface area contributed by atoms with Crippen LogP contribution in [0.3, 0.4) is 0 Å². The lowest BCUT2D eigenvalue weighted by Gasteiger charge is -2.19. The molecule has 0 radical (unpaired) electrons. The molecule has 0 atom stereocenters. The molecule has 2 N–H and O–H groups in total. The number of nitrogens with zero attached hydrogens (tertiary/aromatic N) is 2. The van der Waals surface area contributed by atoms with Gasteiger partial charge >= 0.3 is 12.1 Å². The zero-order valence-electron chi connectivity index (χ0n) is 10.9. The van der Waals surface area contributed by atoms with E-state index in [4.69, 9.17) is 9.84 Å². The average molecular weight is 255 g/mol.